The van der Waals surface area contributed by atoms with Gasteiger partial charge in [0.15, 0.2) is 0 Å². The first-order chi connectivity index (χ1) is 11.3. The van der Waals surface area contributed by atoms with Crippen molar-refractivity contribution in [3.05, 3.63) is 29.8 Å². The molecule has 0 aliphatic carbocycles. The van der Waals surface area contributed by atoms with Crippen LogP contribution in [-0.2, 0) is 14.3 Å². The van der Waals surface area contributed by atoms with E-state index in [0.29, 0.717) is 12.3 Å². The van der Waals surface area contributed by atoms with Gasteiger partial charge in [-0.1, -0.05) is 18.2 Å². The Balaban J connectivity index is 2.28. The van der Waals surface area contributed by atoms with E-state index < -0.39 is 17.6 Å². The van der Waals surface area contributed by atoms with E-state index in [1.807, 2.05) is 45.0 Å². The predicted molar refractivity (Wildman–Crippen MR) is 89.0 cm³/mol. The summed E-state index contributed by atoms with van der Waals surface area (Å²) in [6.45, 7) is 6.10. The number of esters is 1. The van der Waals surface area contributed by atoms with Crippen LogP contribution < -0.4 is 4.74 Å². The van der Waals surface area contributed by atoms with Crippen LogP contribution in [0.15, 0.2) is 24.3 Å². The first-order valence-corrected chi connectivity index (χ1v) is 7.95. The summed E-state index contributed by atoms with van der Waals surface area (Å²) in [4.78, 5) is 26.1. The van der Waals surface area contributed by atoms with Crippen LogP contribution >= 0.6 is 0 Å². The highest BCUT2D eigenvalue weighted by Gasteiger charge is 2.43. The lowest BCUT2D eigenvalue weighted by Crippen LogP contribution is -2.36. The van der Waals surface area contributed by atoms with Crippen LogP contribution in [0.5, 0.6) is 5.75 Å². The highest BCUT2D eigenvalue weighted by molar-refractivity contribution is 5.77. The first kappa shape index (κ1) is 18.1. The van der Waals surface area contributed by atoms with Crippen LogP contribution in [0.25, 0.3) is 0 Å². The van der Waals surface area contributed by atoms with Crippen LogP contribution in [0.3, 0.4) is 0 Å². The van der Waals surface area contributed by atoms with Crippen molar-refractivity contribution in [1.29, 1.82) is 0 Å². The Bertz CT molecular complexity index is 608. The Hall–Kier alpha value is -2.24. The van der Waals surface area contributed by atoms with E-state index in [9.17, 15) is 9.59 Å². The van der Waals surface area contributed by atoms with Crippen molar-refractivity contribution in [2.45, 2.75) is 32.3 Å². The maximum absolute atomic E-state index is 12.4. The second-order valence-electron chi connectivity index (χ2n) is 6.86. The number of methoxy groups -OCH3 is 2. The number of benzene rings is 1. The highest BCUT2D eigenvalue weighted by Crippen LogP contribution is 2.38. The minimum Gasteiger partial charge on any atom is -0.496 e. The smallest absolute Gasteiger partial charge is 0.410 e. The standard InChI is InChI=1S/C18H25NO5/c1-18(2,3)24-17(21)19-10-13(14(11-19)16(20)23-5)12-8-6-7-9-15(12)22-4/h6-9,13-14H,10-11H2,1-5H3/t13-,14+/m1/s1. The molecular formula is C18H25NO5. The number of ether oxygens (including phenoxy) is 3. The Labute approximate surface area is 142 Å². The van der Waals surface area contributed by atoms with E-state index in [1.165, 1.54) is 7.11 Å². The number of rotatable bonds is 3. The zero-order valence-electron chi connectivity index (χ0n) is 14.9. The van der Waals surface area contributed by atoms with E-state index in [-0.39, 0.29) is 18.4 Å². The third-order valence-corrected chi connectivity index (χ3v) is 4.01. The van der Waals surface area contributed by atoms with Crippen LogP contribution in [0.2, 0.25) is 0 Å². The zero-order chi connectivity index (χ0) is 17.9. The van der Waals surface area contributed by atoms with Crippen molar-refractivity contribution in [3.63, 3.8) is 0 Å². The molecule has 1 heterocycles. The summed E-state index contributed by atoms with van der Waals surface area (Å²) in [5, 5.41) is 0. The number of likely N-dealkylation sites (tertiary alicyclic amines) is 1. The molecule has 0 N–H and O–H groups in total. The number of para-hydroxylation sites is 1. The van der Waals surface area contributed by atoms with E-state index >= 15 is 0 Å². The van der Waals surface area contributed by atoms with Crippen molar-refractivity contribution < 1.29 is 23.8 Å². The molecule has 0 saturated carbocycles. The fraction of sp³-hybridized carbons (Fsp3) is 0.556. The number of carbonyl (C=O) groups is 2. The zero-order valence-corrected chi connectivity index (χ0v) is 14.9. The topological polar surface area (TPSA) is 65.1 Å². The van der Waals surface area contributed by atoms with Crippen LogP contribution in [0, 0.1) is 5.92 Å². The number of hydrogen-bond acceptors (Lipinski definition) is 5. The number of hydrogen-bond donors (Lipinski definition) is 0. The van der Waals surface area contributed by atoms with Crippen molar-refractivity contribution in [3.8, 4) is 5.75 Å². The van der Waals surface area contributed by atoms with E-state index in [4.69, 9.17) is 14.2 Å². The van der Waals surface area contributed by atoms with Crippen molar-refractivity contribution in [2.75, 3.05) is 27.3 Å². The summed E-state index contributed by atoms with van der Waals surface area (Å²) >= 11 is 0. The predicted octanol–water partition coefficient (Wildman–Crippen LogP) is 2.82. The molecule has 1 aromatic carbocycles. The molecule has 0 aromatic heterocycles. The molecule has 132 valence electrons. The Morgan fingerprint density at radius 1 is 1.12 bits per heavy atom. The summed E-state index contributed by atoms with van der Waals surface area (Å²) in [5.41, 5.74) is 0.307. The lowest BCUT2D eigenvalue weighted by Gasteiger charge is -2.24. The van der Waals surface area contributed by atoms with Gasteiger partial charge in [-0.25, -0.2) is 4.79 Å². The SMILES string of the molecule is COC(=O)[C@H]1CN(C(=O)OC(C)(C)C)C[C@@H]1c1ccccc1OC. The second-order valence-corrected chi connectivity index (χ2v) is 6.86. The van der Waals surface area contributed by atoms with Gasteiger partial charge < -0.3 is 19.1 Å². The second kappa shape index (κ2) is 7.11. The molecule has 24 heavy (non-hydrogen) atoms. The van der Waals surface area contributed by atoms with Gasteiger partial charge in [-0.15, -0.1) is 0 Å². The fourth-order valence-corrected chi connectivity index (χ4v) is 2.96. The molecule has 2 rings (SSSR count). The van der Waals surface area contributed by atoms with Crippen molar-refractivity contribution in [1.82, 2.24) is 4.90 Å². The molecular weight excluding hydrogens is 310 g/mol. The highest BCUT2D eigenvalue weighted by atomic mass is 16.6. The fourth-order valence-electron chi connectivity index (χ4n) is 2.96. The van der Waals surface area contributed by atoms with Gasteiger partial charge in [-0.05, 0) is 32.4 Å². The third-order valence-electron chi connectivity index (χ3n) is 4.01. The Morgan fingerprint density at radius 2 is 1.79 bits per heavy atom. The molecule has 6 nitrogen and oxygen atoms in total. The molecule has 1 aliphatic rings. The largest absolute Gasteiger partial charge is 0.496 e. The maximum atomic E-state index is 12.4. The third kappa shape index (κ3) is 3.99. The Kier molecular flexibility index (Phi) is 5.36. The molecule has 1 amide bonds. The van der Waals surface area contributed by atoms with Gasteiger partial charge in [0.1, 0.15) is 11.4 Å². The number of nitrogens with zero attached hydrogens (tertiary/aromatic N) is 1. The molecule has 0 spiro atoms. The van der Waals surface area contributed by atoms with Gasteiger partial charge in [0.2, 0.25) is 0 Å². The maximum Gasteiger partial charge on any atom is 0.410 e. The minimum atomic E-state index is -0.583. The van der Waals surface area contributed by atoms with Gasteiger partial charge >= 0.3 is 12.1 Å². The average molecular weight is 335 g/mol. The van der Waals surface area contributed by atoms with E-state index in [0.717, 1.165) is 5.56 Å². The molecule has 1 fully saturated rings. The molecule has 0 unspecified atom stereocenters. The summed E-state index contributed by atoms with van der Waals surface area (Å²) in [6, 6.07) is 7.52. The first-order valence-electron chi connectivity index (χ1n) is 7.95. The number of amides is 1. The van der Waals surface area contributed by atoms with Gasteiger partial charge in [-0.3, -0.25) is 4.79 Å². The van der Waals surface area contributed by atoms with Crippen molar-refractivity contribution in [2.24, 2.45) is 5.92 Å². The molecule has 1 saturated heterocycles. The van der Waals surface area contributed by atoms with Gasteiger partial charge in [0.25, 0.3) is 0 Å². The summed E-state index contributed by atoms with van der Waals surface area (Å²) in [7, 11) is 2.95. The molecule has 1 aliphatic heterocycles. The van der Waals surface area contributed by atoms with Crippen molar-refractivity contribution >= 4 is 12.1 Å². The quantitative estimate of drug-likeness (QED) is 0.795. The van der Waals surface area contributed by atoms with Gasteiger partial charge in [0.05, 0.1) is 20.1 Å². The monoisotopic (exact) mass is 335 g/mol. The summed E-state index contributed by atoms with van der Waals surface area (Å²) in [5.74, 6) is -0.278. The Morgan fingerprint density at radius 3 is 2.38 bits per heavy atom. The molecule has 0 bridgehead atoms. The average Bonchev–Trinajstić information content (AvgIpc) is 2.97. The molecule has 2 atom stereocenters. The lowest BCUT2D eigenvalue weighted by atomic mass is 9.88. The van der Waals surface area contributed by atoms with E-state index in [1.54, 1.807) is 12.0 Å². The van der Waals surface area contributed by atoms with Crippen LogP contribution in [-0.4, -0.2) is 49.9 Å². The summed E-state index contributed by atoms with van der Waals surface area (Å²) in [6.07, 6.45) is -0.422. The van der Waals surface area contributed by atoms with Gasteiger partial charge in [-0.2, -0.15) is 0 Å². The molecule has 0 radical (unpaired) electrons. The van der Waals surface area contributed by atoms with E-state index in [2.05, 4.69) is 0 Å². The summed E-state index contributed by atoms with van der Waals surface area (Å²) < 4.78 is 15.8. The molecule has 1 aromatic rings. The van der Waals surface area contributed by atoms with Crippen LogP contribution in [0.1, 0.15) is 32.3 Å². The number of carbonyl (C=O) groups excluding carboxylic acids is 2. The molecule has 6 heteroatoms. The minimum absolute atomic E-state index is 0.193. The normalized spacial score (nSPS) is 20.6. The lowest BCUT2D eigenvalue weighted by molar-refractivity contribution is -0.145. The van der Waals surface area contributed by atoms with Crippen LogP contribution in [0.4, 0.5) is 4.79 Å². The van der Waals surface area contributed by atoms with Gasteiger partial charge in [0, 0.05) is 19.0 Å².